The van der Waals surface area contributed by atoms with E-state index < -0.39 is 0 Å². The molecule has 1 fully saturated rings. The second-order valence-corrected chi connectivity index (χ2v) is 7.18. The Morgan fingerprint density at radius 3 is 2.57 bits per heavy atom. The first kappa shape index (κ1) is 14.9. The molecule has 0 spiro atoms. The zero-order valence-corrected chi connectivity index (χ0v) is 13.6. The minimum atomic E-state index is 0.364. The Hall–Kier alpha value is -1.06. The van der Waals surface area contributed by atoms with Crippen molar-refractivity contribution in [2.45, 2.75) is 50.1 Å². The molecule has 1 atom stereocenters. The minimum Gasteiger partial charge on any atom is -0.508 e. The largest absolute Gasteiger partial charge is 0.508 e. The molecule has 1 unspecified atom stereocenters. The zero-order chi connectivity index (χ0) is 15.0. The number of nitrogens with zero attached hydrogens (tertiary/aromatic N) is 2. The summed E-state index contributed by atoms with van der Waals surface area (Å²) in [6.45, 7) is 1.12. The average molecular weight is 288 g/mol. The van der Waals surface area contributed by atoms with Crippen molar-refractivity contribution >= 4 is 0 Å². The predicted molar refractivity (Wildman–Crippen MR) is 86.7 cm³/mol. The highest BCUT2D eigenvalue weighted by Crippen LogP contribution is 2.41. The Morgan fingerprint density at radius 2 is 1.95 bits per heavy atom. The van der Waals surface area contributed by atoms with Crippen LogP contribution in [-0.2, 0) is 6.42 Å². The maximum Gasteiger partial charge on any atom is 0.115 e. The summed E-state index contributed by atoms with van der Waals surface area (Å²) >= 11 is 0. The Kier molecular flexibility index (Phi) is 3.98. The summed E-state index contributed by atoms with van der Waals surface area (Å²) in [7, 11) is 6.69. The second kappa shape index (κ2) is 5.62. The molecule has 0 radical (unpaired) electrons. The first-order chi connectivity index (χ1) is 10.0. The minimum absolute atomic E-state index is 0.364. The van der Waals surface area contributed by atoms with Crippen LogP contribution in [0.4, 0.5) is 0 Å². The summed E-state index contributed by atoms with van der Waals surface area (Å²) in [5.74, 6) is 0.403. The van der Waals surface area contributed by atoms with E-state index in [1.807, 2.05) is 12.1 Å². The standard InChI is InChI=1S/C18H28N2O/c1-19(2)18(10-5-11-18)13-20(3)17-7-4-6-14-8-9-15(21)12-16(14)17/h8-9,12,17,21H,4-7,10-11,13H2,1-3H3. The lowest BCUT2D eigenvalue weighted by atomic mass is 9.74. The van der Waals surface area contributed by atoms with E-state index in [0.29, 0.717) is 17.3 Å². The number of hydrogen-bond acceptors (Lipinski definition) is 3. The van der Waals surface area contributed by atoms with E-state index in [4.69, 9.17) is 0 Å². The van der Waals surface area contributed by atoms with E-state index in [1.165, 1.54) is 43.2 Å². The van der Waals surface area contributed by atoms with Crippen LogP contribution in [0.1, 0.15) is 49.3 Å². The molecule has 0 amide bonds. The Balaban J connectivity index is 1.80. The topological polar surface area (TPSA) is 26.7 Å². The van der Waals surface area contributed by atoms with Crippen LogP contribution in [0, 0.1) is 0 Å². The van der Waals surface area contributed by atoms with Gasteiger partial charge in [-0.05, 0) is 82.9 Å². The van der Waals surface area contributed by atoms with E-state index >= 15 is 0 Å². The fourth-order valence-electron chi connectivity index (χ4n) is 4.13. The van der Waals surface area contributed by atoms with Crippen molar-refractivity contribution in [2.24, 2.45) is 0 Å². The number of fused-ring (bicyclic) bond motifs is 1. The molecule has 21 heavy (non-hydrogen) atoms. The summed E-state index contributed by atoms with van der Waals surface area (Å²) in [5.41, 5.74) is 3.13. The third-order valence-electron chi connectivity index (χ3n) is 5.72. The van der Waals surface area contributed by atoms with E-state index in [9.17, 15) is 5.11 Å². The van der Waals surface area contributed by atoms with E-state index in [2.05, 4.69) is 37.0 Å². The van der Waals surface area contributed by atoms with Crippen molar-refractivity contribution in [1.82, 2.24) is 9.80 Å². The highest BCUT2D eigenvalue weighted by Gasteiger charge is 2.41. The smallest absolute Gasteiger partial charge is 0.115 e. The van der Waals surface area contributed by atoms with Crippen molar-refractivity contribution in [3.05, 3.63) is 29.3 Å². The van der Waals surface area contributed by atoms with Gasteiger partial charge in [0, 0.05) is 18.1 Å². The average Bonchev–Trinajstić information content (AvgIpc) is 2.41. The number of likely N-dealkylation sites (N-methyl/N-ethyl adjacent to an activating group) is 2. The normalized spacial score (nSPS) is 24.0. The number of rotatable bonds is 4. The van der Waals surface area contributed by atoms with Gasteiger partial charge in [0.15, 0.2) is 0 Å². The third kappa shape index (κ3) is 2.69. The number of aromatic hydroxyl groups is 1. The molecule has 0 aromatic heterocycles. The van der Waals surface area contributed by atoms with Crippen molar-refractivity contribution < 1.29 is 5.11 Å². The lowest BCUT2D eigenvalue weighted by Crippen LogP contribution is -2.57. The SMILES string of the molecule is CN(CC1(N(C)C)CCC1)C1CCCc2ccc(O)cc21. The zero-order valence-electron chi connectivity index (χ0n) is 13.6. The van der Waals surface area contributed by atoms with Crippen LogP contribution in [0.15, 0.2) is 18.2 Å². The van der Waals surface area contributed by atoms with E-state index in [0.717, 1.165) is 13.0 Å². The number of hydrogen-bond donors (Lipinski definition) is 1. The molecule has 0 bridgehead atoms. The van der Waals surface area contributed by atoms with Gasteiger partial charge in [-0.25, -0.2) is 0 Å². The summed E-state index contributed by atoms with van der Waals surface area (Å²) in [5, 5.41) is 9.84. The van der Waals surface area contributed by atoms with Crippen LogP contribution in [0.5, 0.6) is 5.75 Å². The maximum atomic E-state index is 9.84. The number of phenolic OH excluding ortho intramolecular Hbond substituents is 1. The molecule has 0 heterocycles. The van der Waals surface area contributed by atoms with Crippen molar-refractivity contribution in [3.63, 3.8) is 0 Å². The number of phenols is 1. The third-order valence-corrected chi connectivity index (χ3v) is 5.72. The molecule has 116 valence electrons. The predicted octanol–water partition coefficient (Wildman–Crippen LogP) is 3.19. The molecule has 1 N–H and O–H groups in total. The van der Waals surface area contributed by atoms with Gasteiger partial charge in [0.25, 0.3) is 0 Å². The fraction of sp³-hybridized carbons (Fsp3) is 0.667. The molecule has 0 aliphatic heterocycles. The van der Waals surface area contributed by atoms with Crippen LogP contribution in [-0.4, -0.2) is 48.1 Å². The molecule has 3 rings (SSSR count). The van der Waals surface area contributed by atoms with Crippen LogP contribution < -0.4 is 0 Å². The molecule has 2 aliphatic rings. The van der Waals surface area contributed by atoms with Gasteiger partial charge >= 0.3 is 0 Å². The van der Waals surface area contributed by atoms with Gasteiger partial charge in [0.2, 0.25) is 0 Å². The van der Waals surface area contributed by atoms with Gasteiger partial charge in [-0.3, -0.25) is 4.90 Å². The lowest BCUT2D eigenvalue weighted by Gasteiger charge is -2.51. The molecule has 0 saturated heterocycles. The van der Waals surface area contributed by atoms with Gasteiger partial charge in [-0.15, -0.1) is 0 Å². The summed E-state index contributed by atoms with van der Waals surface area (Å²) < 4.78 is 0. The first-order valence-corrected chi connectivity index (χ1v) is 8.21. The second-order valence-electron chi connectivity index (χ2n) is 7.18. The van der Waals surface area contributed by atoms with Crippen LogP contribution in [0.2, 0.25) is 0 Å². The molecular weight excluding hydrogens is 260 g/mol. The molecule has 1 saturated carbocycles. The Bertz CT molecular complexity index is 508. The first-order valence-electron chi connectivity index (χ1n) is 8.21. The Morgan fingerprint density at radius 1 is 1.19 bits per heavy atom. The fourth-order valence-corrected chi connectivity index (χ4v) is 4.13. The lowest BCUT2D eigenvalue weighted by molar-refractivity contribution is 0.0135. The number of aryl methyl sites for hydroxylation is 1. The quantitative estimate of drug-likeness (QED) is 0.922. The highest BCUT2D eigenvalue weighted by atomic mass is 16.3. The molecule has 1 aromatic rings. The maximum absolute atomic E-state index is 9.84. The van der Waals surface area contributed by atoms with Gasteiger partial charge in [0.1, 0.15) is 5.75 Å². The van der Waals surface area contributed by atoms with Crippen LogP contribution in [0.25, 0.3) is 0 Å². The van der Waals surface area contributed by atoms with Crippen molar-refractivity contribution in [2.75, 3.05) is 27.7 Å². The molecular formula is C18H28N2O. The van der Waals surface area contributed by atoms with Crippen molar-refractivity contribution in [3.8, 4) is 5.75 Å². The van der Waals surface area contributed by atoms with Crippen LogP contribution in [0.3, 0.4) is 0 Å². The number of benzene rings is 1. The van der Waals surface area contributed by atoms with Crippen molar-refractivity contribution in [1.29, 1.82) is 0 Å². The highest BCUT2D eigenvalue weighted by molar-refractivity contribution is 5.38. The monoisotopic (exact) mass is 288 g/mol. The van der Waals surface area contributed by atoms with E-state index in [1.54, 1.807) is 0 Å². The summed E-state index contributed by atoms with van der Waals surface area (Å²) in [4.78, 5) is 4.94. The molecule has 3 heteroatoms. The molecule has 2 aliphatic carbocycles. The molecule has 3 nitrogen and oxygen atoms in total. The summed E-state index contributed by atoms with van der Waals surface area (Å²) in [6, 6.07) is 6.38. The summed E-state index contributed by atoms with van der Waals surface area (Å²) in [6.07, 6.45) is 7.58. The van der Waals surface area contributed by atoms with E-state index in [-0.39, 0.29) is 0 Å². The van der Waals surface area contributed by atoms with Gasteiger partial charge in [-0.2, -0.15) is 0 Å². The molecule has 1 aromatic carbocycles. The van der Waals surface area contributed by atoms with Gasteiger partial charge in [0.05, 0.1) is 0 Å². The van der Waals surface area contributed by atoms with Crippen LogP contribution >= 0.6 is 0 Å². The van der Waals surface area contributed by atoms with Gasteiger partial charge < -0.3 is 10.0 Å². The van der Waals surface area contributed by atoms with Gasteiger partial charge in [-0.1, -0.05) is 6.07 Å². The Labute approximate surface area is 128 Å².